The Morgan fingerprint density at radius 2 is 1.90 bits per heavy atom. The van der Waals surface area contributed by atoms with Gasteiger partial charge in [-0.3, -0.25) is 9.59 Å². The lowest BCUT2D eigenvalue weighted by molar-refractivity contribution is -0.121. The molecular weight excluding hydrogens is 432 g/mol. The Hall–Kier alpha value is -2.34. The Balaban J connectivity index is 1.35. The fourth-order valence-electron chi connectivity index (χ4n) is 4.40. The van der Waals surface area contributed by atoms with Crippen molar-refractivity contribution in [2.24, 2.45) is 5.92 Å². The molecule has 1 fully saturated rings. The van der Waals surface area contributed by atoms with E-state index in [2.05, 4.69) is 21.2 Å². The van der Waals surface area contributed by atoms with Crippen LogP contribution in [0.25, 0.3) is 0 Å². The minimum Gasteiger partial charge on any atom is -0.496 e. The topological polar surface area (TPSA) is 58.6 Å². The number of rotatable bonds is 4. The van der Waals surface area contributed by atoms with E-state index in [1.807, 2.05) is 48.2 Å². The third-order valence-corrected chi connectivity index (χ3v) is 6.58. The van der Waals surface area contributed by atoms with Crippen LogP contribution < -0.4 is 10.1 Å². The maximum Gasteiger partial charge on any atom is 0.254 e. The fraction of sp³-hybridized carbons (Fsp3) is 0.391. The summed E-state index contributed by atoms with van der Waals surface area (Å²) in [5.41, 5.74) is 3.68. The number of amides is 2. The standard InChI is InChI=1S/C23H25BrN2O3/c1-14-3-7-18(12-21(14)29-2)25-22(27)15-4-8-19(9-5-15)26-13-16-11-17(24)6-10-20(16)23(26)28/h3,6-7,10-12,15,19H,4-5,8-9,13H2,1-2H3,(H,25,27). The monoisotopic (exact) mass is 456 g/mol. The van der Waals surface area contributed by atoms with Crippen molar-refractivity contribution in [1.29, 1.82) is 0 Å². The SMILES string of the molecule is COc1cc(NC(=O)C2CCC(N3Cc4cc(Br)ccc4C3=O)CC2)ccc1C. The molecule has 29 heavy (non-hydrogen) atoms. The number of nitrogens with one attached hydrogen (secondary N) is 1. The molecule has 1 aliphatic carbocycles. The van der Waals surface area contributed by atoms with Gasteiger partial charge in [-0.2, -0.15) is 0 Å². The number of benzene rings is 2. The molecule has 0 aromatic heterocycles. The lowest BCUT2D eigenvalue weighted by Gasteiger charge is -2.34. The molecule has 2 aromatic carbocycles. The van der Waals surface area contributed by atoms with Crippen molar-refractivity contribution < 1.29 is 14.3 Å². The first-order valence-electron chi connectivity index (χ1n) is 10.0. The summed E-state index contributed by atoms with van der Waals surface area (Å²) in [5, 5.41) is 3.02. The third-order valence-electron chi connectivity index (χ3n) is 6.08. The Kier molecular flexibility index (Phi) is 5.63. The molecule has 1 aliphatic heterocycles. The first-order valence-corrected chi connectivity index (χ1v) is 10.8. The fourth-order valence-corrected chi connectivity index (χ4v) is 4.81. The van der Waals surface area contributed by atoms with E-state index in [4.69, 9.17) is 4.74 Å². The Morgan fingerprint density at radius 1 is 1.14 bits per heavy atom. The lowest BCUT2D eigenvalue weighted by Crippen LogP contribution is -2.40. The maximum absolute atomic E-state index is 12.8. The smallest absolute Gasteiger partial charge is 0.254 e. The number of hydrogen-bond donors (Lipinski definition) is 1. The highest BCUT2D eigenvalue weighted by atomic mass is 79.9. The van der Waals surface area contributed by atoms with Crippen LogP contribution in [0.2, 0.25) is 0 Å². The van der Waals surface area contributed by atoms with Crippen LogP contribution in [0.15, 0.2) is 40.9 Å². The number of methoxy groups -OCH3 is 1. The van der Waals surface area contributed by atoms with Gasteiger partial charge in [0, 0.05) is 40.3 Å². The number of aryl methyl sites for hydroxylation is 1. The Labute approximate surface area is 179 Å². The average Bonchev–Trinajstić information content (AvgIpc) is 3.05. The summed E-state index contributed by atoms with van der Waals surface area (Å²) in [4.78, 5) is 27.5. The van der Waals surface area contributed by atoms with Gasteiger partial charge in [0.15, 0.2) is 0 Å². The zero-order valence-electron chi connectivity index (χ0n) is 16.7. The lowest BCUT2D eigenvalue weighted by atomic mass is 9.84. The van der Waals surface area contributed by atoms with Crippen molar-refractivity contribution in [3.05, 3.63) is 57.6 Å². The molecule has 2 amide bonds. The molecule has 5 nitrogen and oxygen atoms in total. The second-order valence-electron chi connectivity index (χ2n) is 7.91. The van der Waals surface area contributed by atoms with Crippen molar-refractivity contribution in [3.8, 4) is 5.75 Å². The molecule has 6 heteroatoms. The van der Waals surface area contributed by atoms with Gasteiger partial charge in [-0.25, -0.2) is 0 Å². The van der Waals surface area contributed by atoms with E-state index >= 15 is 0 Å². The minimum absolute atomic E-state index is 0.0206. The molecule has 0 atom stereocenters. The van der Waals surface area contributed by atoms with Crippen molar-refractivity contribution in [2.45, 2.75) is 45.2 Å². The van der Waals surface area contributed by atoms with E-state index in [0.717, 1.165) is 58.3 Å². The van der Waals surface area contributed by atoms with Crippen molar-refractivity contribution in [1.82, 2.24) is 4.90 Å². The summed E-state index contributed by atoms with van der Waals surface area (Å²) in [7, 11) is 1.63. The van der Waals surface area contributed by atoms with Crippen LogP contribution in [0.5, 0.6) is 5.75 Å². The second kappa shape index (κ2) is 8.19. The summed E-state index contributed by atoms with van der Waals surface area (Å²) >= 11 is 3.48. The summed E-state index contributed by atoms with van der Waals surface area (Å²) < 4.78 is 6.34. The molecule has 152 valence electrons. The van der Waals surface area contributed by atoms with Gasteiger partial charge in [0.05, 0.1) is 7.11 Å². The number of fused-ring (bicyclic) bond motifs is 1. The predicted octanol–water partition coefficient (Wildman–Crippen LogP) is 4.92. The predicted molar refractivity (Wildman–Crippen MR) is 116 cm³/mol. The van der Waals surface area contributed by atoms with Crippen LogP contribution in [0.1, 0.15) is 47.2 Å². The molecule has 2 aliphatic rings. The molecule has 4 rings (SSSR count). The number of carbonyl (C=O) groups is 2. The van der Waals surface area contributed by atoms with Gasteiger partial charge in [0.2, 0.25) is 5.91 Å². The van der Waals surface area contributed by atoms with E-state index < -0.39 is 0 Å². The molecule has 2 aromatic rings. The first-order chi connectivity index (χ1) is 14.0. The van der Waals surface area contributed by atoms with Gasteiger partial charge in [-0.1, -0.05) is 22.0 Å². The number of halogens is 1. The van der Waals surface area contributed by atoms with Crippen LogP contribution in [0.3, 0.4) is 0 Å². The summed E-state index contributed by atoms with van der Waals surface area (Å²) in [6.45, 7) is 2.64. The molecule has 0 saturated heterocycles. The first kappa shape index (κ1) is 20.0. The minimum atomic E-state index is -0.0206. The molecule has 1 saturated carbocycles. The van der Waals surface area contributed by atoms with Crippen LogP contribution in [-0.2, 0) is 11.3 Å². The molecule has 0 unspecified atom stereocenters. The van der Waals surface area contributed by atoms with Crippen molar-refractivity contribution >= 4 is 33.4 Å². The van der Waals surface area contributed by atoms with Crippen LogP contribution >= 0.6 is 15.9 Å². The van der Waals surface area contributed by atoms with Gasteiger partial charge in [-0.15, -0.1) is 0 Å². The van der Waals surface area contributed by atoms with E-state index in [-0.39, 0.29) is 23.8 Å². The van der Waals surface area contributed by atoms with E-state index in [1.54, 1.807) is 7.11 Å². The normalized spacial score (nSPS) is 21.1. The summed E-state index contributed by atoms with van der Waals surface area (Å²) in [6, 6.07) is 11.8. The number of nitrogens with zero attached hydrogens (tertiary/aromatic N) is 1. The Morgan fingerprint density at radius 3 is 2.62 bits per heavy atom. The maximum atomic E-state index is 12.8. The second-order valence-corrected chi connectivity index (χ2v) is 8.83. The molecule has 0 radical (unpaired) electrons. The molecule has 0 bridgehead atoms. The number of anilines is 1. The zero-order valence-corrected chi connectivity index (χ0v) is 18.3. The number of ether oxygens (including phenoxy) is 1. The molecule has 1 heterocycles. The van der Waals surface area contributed by atoms with Crippen LogP contribution in [-0.4, -0.2) is 29.9 Å². The van der Waals surface area contributed by atoms with Gasteiger partial charge in [-0.05, 0) is 68.0 Å². The van der Waals surface area contributed by atoms with Crippen LogP contribution in [0.4, 0.5) is 5.69 Å². The molecule has 0 spiro atoms. The number of carbonyl (C=O) groups excluding carboxylic acids is 2. The quantitative estimate of drug-likeness (QED) is 0.709. The summed E-state index contributed by atoms with van der Waals surface area (Å²) in [5.74, 6) is 0.916. The van der Waals surface area contributed by atoms with Gasteiger partial charge < -0.3 is 15.0 Å². The van der Waals surface area contributed by atoms with Crippen molar-refractivity contribution in [3.63, 3.8) is 0 Å². The summed E-state index contributed by atoms with van der Waals surface area (Å²) in [6.07, 6.45) is 3.30. The zero-order chi connectivity index (χ0) is 20.5. The molecule has 1 N–H and O–H groups in total. The van der Waals surface area contributed by atoms with Gasteiger partial charge >= 0.3 is 0 Å². The Bertz CT molecular complexity index is 951. The van der Waals surface area contributed by atoms with Crippen LogP contribution in [0, 0.1) is 12.8 Å². The third kappa shape index (κ3) is 4.04. The van der Waals surface area contributed by atoms with Gasteiger partial charge in [0.25, 0.3) is 5.91 Å². The molecular formula is C23H25BrN2O3. The van der Waals surface area contributed by atoms with Gasteiger partial charge in [0.1, 0.15) is 5.75 Å². The largest absolute Gasteiger partial charge is 0.496 e. The van der Waals surface area contributed by atoms with E-state index in [0.29, 0.717) is 6.54 Å². The van der Waals surface area contributed by atoms with Crippen molar-refractivity contribution in [2.75, 3.05) is 12.4 Å². The highest BCUT2D eigenvalue weighted by Gasteiger charge is 2.36. The highest BCUT2D eigenvalue weighted by Crippen LogP contribution is 2.34. The average molecular weight is 457 g/mol. The highest BCUT2D eigenvalue weighted by molar-refractivity contribution is 9.10. The van der Waals surface area contributed by atoms with E-state index in [1.165, 1.54) is 0 Å². The van der Waals surface area contributed by atoms with E-state index in [9.17, 15) is 9.59 Å². The number of hydrogen-bond acceptors (Lipinski definition) is 3.